The van der Waals surface area contributed by atoms with Gasteiger partial charge in [0.15, 0.2) is 17.4 Å². The molecule has 176 valence electrons. The second-order valence-electron chi connectivity index (χ2n) is 8.73. The molecule has 0 spiro atoms. The molecule has 0 N–H and O–H groups in total. The molecule has 0 radical (unpaired) electrons. The molecule has 3 heterocycles. The van der Waals surface area contributed by atoms with Gasteiger partial charge in [-0.2, -0.15) is 0 Å². The van der Waals surface area contributed by atoms with E-state index in [1.54, 1.807) is 30.5 Å². The molecule has 6 nitrogen and oxygen atoms in total. The highest BCUT2D eigenvalue weighted by Gasteiger charge is 2.46. The molecular formula is C26H25F2N3O3. The third kappa shape index (κ3) is 3.83. The van der Waals surface area contributed by atoms with Gasteiger partial charge in [-0.1, -0.05) is 12.1 Å². The minimum Gasteiger partial charge on any atom is -0.495 e. The van der Waals surface area contributed by atoms with E-state index in [2.05, 4.69) is 4.98 Å². The second kappa shape index (κ2) is 8.59. The fraction of sp³-hybridized carbons (Fsp3) is 0.308. The van der Waals surface area contributed by atoms with E-state index in [1.165, 1.54) is 6.07 Å². The first kappa shape index (κ1) is 22.1. The lowest BCUT2D eigenvalue weighted by Gasteiger charge is -2.39. The van der Waals surface area contributed by atoms with Crippen molar-refractivity contribution in [3.63, 3.8) is 0 Å². The van der Waals surface area contributed by atoms with Crippen molar-refractivity contribution in [1.29, 1.82) is 0 Å². The summed E-state index contributed by atoms with van der Waals surface area (Å²) in [5.74, 6) is -1.23. The molecule has 0 aliphatic carbocycles. The van der Waals surface area contributed by atoms with Crippen molar-refractivity contribution in [3.8, 4) is 11.4 Å². The highest BCUT2D eigenvalue weighted by atomic mass is 19.2. The van der Waals surface area contributed by atoms with Gasteiger partial charge in [-0.15, -0.1) is 0 Å². The van der Waals surface area contributed by atoms with Crippen LogP contribution in [0.4, 0.5) is 8.78 Å². The first-order chi connectivity index (χ1) is 16.4. The Labute approximate surface area is 196 Å². The van der Waals surface area contributed by atoms with Crippen LogP contribution in [0, 0.1) is 18.6 Å². The van der Waals surface area contributed by atoms with Gasteiger partial charge < -0.3 is 18.9 Å². The SMILES string of the molecule is COc1cc(C=C2O[C@@H](C)[C@H]3CC[C@@H](c4ccc(F)c(F)c4)N3C2=O)ccc1-n1cnc(C)c1. The van der Waals surface area contributed by atoms with Crippen LogP contribution < -0.4 is 4.74 Å². The zero-order valence-corrected chi connectivity index (χ0v) is 19.2. The van der Waals surface area contributed by atoms with Crippen LogP contribution in [0.2, 0.25) is 0 Å². The van der Waals surface area contributed by atoms with E-state index in [1.807, 2.05) is 42.8 Å². The maximum Gasteiger partial charge on any atom is 0.289 e. The van der Waals surface area contributed by atoms with Crippen molar-refractivity contribution in [1.82, 2.24) is 14.5 Å². The number of carbonyl (C=O) groups is 1. The van der Waals surface area contributed by atoms with Crippen LogP contribution in [0.3, 0.4) is 0 Å². The van der Waals surface area contributed by atoms with E-state index in [9.17, 15) is 13.6 Å². The molecular weight excluding hydrogens is 440 g/mol. The van der Waals surface area contributed by atoms with E-state index in [4.69, 9.17) is 9.47 Å². The highest BCUT2D eigenvalue weighted by molar-refractivity contribution is 5.97. The summed E-state index contributed by atoms with van der Waals surface area (Å²) < 4.78 is 40.8. The van der Waals surface area contributed by atoms with Gasteiger partial charge in [0.2, 0.25) is 0 Å². The summed E-state index contributed by atoms with van der Waals surface area (Å²) in [4.78, 5) is 19.5. The number of fused-ring (bicyclic) bond motifs is 1. The average molecular weight is 466 g/mol. The normalized spacial score (nSPS) is 23.2. The number of rotatable bonds is 4. The van der Waals surface area contributed by atoms with E-state index in [0.29, 0.717) is 17.7 Å². The molecule has 1 amide bonds. The first-order valence-corrected chi connectivity index (χ1v) is 11.2. The minimum atomic E-state index is -0.911. The van der Waals surface area contributed by atoms with Crippen LogP contribution in [-0.4, -0.2) is 39.6 Å². The van der Waals surface area contributed by atoms with Gasteiger partial charge in [-0.05, 0) is 68.2 Å². The average Bonchev–Trinajstić information content (AvgIpc) is 3.46. The largest absolute Gasteiger partial charge is 0.495 e. The number of amides is 1. The van der Waals surface area contributed by atoms with Crippen LogP contribution in [0.5, 0.6) is 5.75 Å². The Bertz CT molecular complexity index is 1290. The molecule has 2 aliphatic rings. The molecule has 0 unspecified atom stereocenters. The third-order valence-corrected chi connectivity index (χ3v) is 6.55. The lowest BCUT2D eigenvalue weighted by Crippen LogP contribution is -2.49. The Morgan fingerprint density at radius 1 is 1.15 bits per heavy atom. The molecule has 2 fully saturated rings. The van der Waals surface area contributed by atoms with Gasteiger partial charge >= 0.3 is 0 Å². The van der Waals surface area contributed by atoms with Gasteiger partial charge in [-0.25, -0.2) is 13.8 Å². The first-order valence-electron chi connectivity index (χ1n) is 11.2. The predicted octanol–water partition coefficient (Wildman–Crippen LogP) is 4.96. The molecule has 2 aliphatic heterocycles. The quantitative estimate of drug-likeness (QED) is 0.511. The molecule has 2 saturated heterocycles. The smallest absolute Gasteiger partial charge is 0.289 e. The molecule has 2 aromatic carbocycles. The van der Waals surface area contributed by atoms with Crippen molar-refractivity contribution >= 4 is 12.0 Å². The van der Waals surface area contributed by atoms with Crippen molar-refractivity contribution in [3.05, 3.63) is 83.1 Å². The number of nitrogens with zero attached hydrogens (tertiary/aromatic N) is 3. The van der Waals surface area contributed by atoms with Crippen molar-refractivity contribution in [2.24, 2.45) is 0 Å². The monoisotopic (exact) mass is 465 g/mol. The number of hydrogen-bond donors (Lipinski definition) is 0. The summed E-state index contributed by atoms with van der Waals surface area (Å²) >= 11 is 0. The molecule has 0 saturated carbocycles. The summed E-state index contributed by atoms with van der Waals surface area (Å²) in [5.41, 5.74) is 3.05. The van der Waals surface area contributed by atoms with E-state index >= 15 is 0 Å². The number of aryl methyl sites for hydroxylation is 1. The molecule has 8 heteroatoms. The van der Waals surface area contributed by atoms with Crippen LogP contribution in [0.25, 0.3) is 11.8 Å². The number of morpholine rings is 1. The lowest BCUT2D eigenvalue weighted by atomic mass is 10.0. The zero-order valence-electron chi connectivity index (χ0n) is 19.2. The Balaban J connectivity index is 1.47. The Hall–Kier alpha value is -3.68. The van der Waals surface area contributed by atoms with Crippen LogP contribution in [0.1, 0.15) is 42.6 Å². The Morgan fingerprint density at radius 3 is 2.68 bits per heavy atom. The number of hydrogen-bond acceptors (Lipinski definition) is 4. The summed E-state index contributed by atoms with van der Waals surface area (Å²) in [7, 11) is 1.59. The van der Waals surface area contributed by atoms with Gasteiger partial charge in [0.25, 0.3) is 5.91 Å². The number of aromatic nitrogens is 2. The zero-order chi connectivity index (χ0) is 24.0. The lowest BCUT2D eigenvalue weighted by molar-refractivity contribution is -0.144. The van der Waals surface area contributed by atoms with E-state index in [-0.39, 0.29) is 29.9 Å². The summed E-state index contributed by atoms with van der Waals surface area (Å²) in [5, 5.41) is 0. The number of benzene rings is 2. The Morgan fingerprint density at radius 2 is 1.97 bits per heavy atom. The van der Waals surface area contributed by atoms with Gasteiger partial charge in [-0.3, -0.25) is 4.79 Å². The number of methoxy groups -OCH3 is 1. The fourth-order valence-corrected chi connectivity index (χ4v) is 4.89. The fourth-order valence-electron chi connectivity index (χ4n) is 4.89. The molecule has 0 bridgehead atoms. The van der Waals surface area contributed by atoms with E-state index in [0.717, 1.165) is 29.4 Å². The molecule has 5 rings (SSSR count). The summed E-state index contributed by atoms with van der Waals surface area (Å²) in [6, 6.07) is 8.99. The van der Waals surface area contributed by atoms with Crippen molar-refractivity contribution in [2.75, 3.05) is 7.11 Å². The number of ether oxygens (including phenoxy) is 2. The Kier molecular flexibility index (Phi) is 5.59. The van der Waals surface area contributed by atoms with Gasteiger partial charge in [0, 0.05) is 6.20 Å². The van der Waals surface area contributed by atoms with Crippen molar-refractivity contribution in [2.45, 2.75) is 44.9 Å². The maximum atomic E-state index is 13.9. The van der Waals surface area contributed by atoms with E-state index < -0.39 is 11.6 Å². The highest BCUT2D eigenvalue weighted by Crippen LogP contribution is 2.42. The summed E-state index contributed by atoms with van der Waals surface area (Å²) in [6.07, 6.45) is 6.48. The minimum absolute atomic E-state index is 0.121. The predicted molar refractivity (Wildman–Crippen MR) is 122 cm³/mol. The topological polar surface area (TPSA) is 56.6 Å². The third-order valence-electron chi connectivity index (χ3n) is 6.55. The van der Waals surface area contributed by atoms with Crippen LogP contribution in [-0.2, 0) is 9.53 Å². The van der Waals surface area contributed by atoms with Gasteiger partial charge in [0.1, 0.15) is 11.9 Å². The maximum absolute atomic E-state index is 13.9. The van der Waals surface area contributed by atoms with Crippen LogP contribution in [0.15, 0.2) is 54.7 Å². The molecule has 3 atom stereocenters. The van der Waals surface area contributed by atoms with Crippen molar-refractivity contribution < 1.29 is 23.0 Å². The van der Waals surface area contributed by atoms with Gasteiger partial charge in [0.05, 0.1) is 36.9 Å². The molecule has 34 heavy (non-hydrogen) atoms. The second-order valence-corrected chi connectivity index (χ2v) is 8.73. The molecule has 1 aromatic heterocycles. The molecule has 3 aromatic rings. The summed E-state index contributed by atoms with van der Waals surface area (Å²) in [6.45, 7) is 3.84. The standard InChI is InChI=1S/C26H25F2N3O3/c1-15-13-30(14-29-15)23-7-4-17(10-24(23)33-3)11-25-26(32)31-21(16(2)34-25)8-9-22(31)18-5-6-19(27)20(28)12-18/h4-7,10-14,16,21-22H,8-9H2,1-3H3/t16-,21+,22-/m0/s1. The number of halogens is 2. The van der Waals surface area contributed by atoms with Crippen LogP contribution >= 0.6 is 0 Å². The number of imidazole rings is 1. The number of carbonyl (C=O) groups excluding carboxylic acids is 1.